The molecule has 0 bridgehead atoms. The number of aliphatic hydroxyl groups is 1. The predicted octanol–water partition coefficient (Wildman–Crippen LogP) is 0.868. The van der Waals surface area contributed by atoms with E-state index in [-0.39, 0.29) is 17.3 Å². The molecule has 0 radical (unpaired) electrons. The first kappa shape index (κ1) is 19.5. The summed E-state index contributed by atoms with van der Waals surface area (Å²) < 4.78 is 27.8. The van der Waals surface area contributed by atoms with Crippen LogP contribution in [0.15, 0.2) is 47.5 Å². The third kappa shape index (κ3) is 4.71. The number of carbonyl (C=O) groups excluding carboxylic acids is 1. The molecular weight excluding hydrogens is 366 g/mol. The lowest BCUT2D eigenvalue weighted by atomic mass is 9.99. The number of hydrogen-bond donors (Lipinski definition) is 2. The number of nitrogens with one attached hydrogen (secondary N) is 1. The first-order chi connectivity index (χ1) is 12.9. The third-order valence-corrected chi connectivity index (χ3v) is 6.03. The fraction of sp³-hybridized carbons (Fsp3) is 0.368. The Kier molecular flexibility index (Phi) is 5.88. The van der Waals surface area contributed by atoms with Crippen LogP contribution in [0.2, 0.25) is 0 Å². The van der Waals surface area contributed by atoms with E-state index in [1.54, 1.807) is 29.3 Å². The number of rotatable bonds is 6. The van der Waals surface area contributed by atoms with E-state index in [0.29, 0.717) is 25.9 Å². The summed E-state index contributed by atoms with van der Waals surface area (Å²) in [6, 6.07) is 10.5. The molecule has 1 aromatic carbocycles. The number of fused-ring (bicyclic) bond motifs is 1. The number of sulfonamides is 1. The molecule has 144 valence electrons. The van der Waals surface area contributed by atoms with E-state index < -0.39 is 16.1 Å². The van der Waals surface area contributed by atoms with E-state index in [4.69, 9.17) is 0 Å². The number of aromatic nitrogens is 1. The highest BCUT2D eigenvalue weighted by Gasteiger charge is 2.25. The zero-order valence-electron chi connectivity index (χ0n) is 15.1. The zero-order chi connectivity index (χ0) is 19.4. The molecule has 7 nitrogen and oxygen atoms in total. The van der Waals surface area contributed by atoms with Gasteiger partial charge in [-0.2, -0.15) is 0 Å². The molecule has 0 saturated carbocycles. The van der Waals surface area contributed by atoms with Crippen molar-refractivity contribution < 1.29 is 18.3 Å². The van der Waals surface area contributed by atoms with E-state index in [1.807, 2.05) is 18.2 Å². The average molecular weight is 389 g/mol. The fourth-order valence-electron chi connectivity index (χ4n) is 3.10. The van der Waals surface area contributed by atoms with Gasteiger partial charge in [-0.05, 0) is 48.7 Å². The smallest absolute Gasteiger partial charge is 0.251 e. The topological polar surface area (TPSA) is 99.6 Å². The van der Waals surface area contributed by atoms with Gasteiger partial charge in [-0.3, -0.25) is 9.78 Å². The Labute approximate surface area is 159 Å². The molecule has 0 fully saturated rings. The number of nitrogens with zero attached hydrogens (tertiary/aromatic N) is 2. The summed E-state index contributed by atoms with van der Waals surface area (Å²) in [5, 5.41) is 9.49. The summed E-state index contributed by atoms with van der Waals surface area (Å²) in [7, 11) is -3.65. The maximum absolute atomic E-state index is 12.6. The molecule has 2 aromatic rings. The third-order valence-electron chi connectivity index (χ3n) is 4.57. The van der Waals surface area contributed by atoms with Crippen molar-refractivity contribution in [2.24, 2.45) is 0 Å². The Balaban J connectivity index is 1.70. The molecule has 1 atom stereocenters. The van der Waals surface area contributed by atoms with Crippen LogP contribution in [0.3, 0.4) is 0 Å². The predicted molar refractivity (Wildman–Crippen MR) is 100 cm³/mol. The molecule has 1 aliphatic heterocycles. The van der Waals surface area contributed by atoms with Gasteiger partial charge in [0.15, 0.2) is 0 Å². The van der Waals surface area contributed by atoms with Gasteiger partial charge in [-0.1, -0.05) is 12.1 Å². The summed E-state index contributed by atoms with van der Waals surface area (Å²) in [6.45, 7) is 2.51. The van der Waals surface area contributed by atoms with Crippen molar-refractivity contribution in [2.75, 3.05) is 13.1 Å². The average Bonchev–Trinajstić information content (AvgIpc) is 2.67. The van der Waals surface area contributed by atoms with Crippen molar-refractivity contribution in [3.63, 3.8) is 0 Å². The summed E-state index contributed by atoms with van der Waals surface area (Å²) in [4.78, 5) is 17.9. The van der Waals surface area contributed by atoms with Crippen molar-refractivity contribution >= 4 is 15.9 Å². The maximum atomic E-state index is 12.6. The molecule has 1 aromatic heterocycles. The van der Waals surface area contributed by atoms with E-state index in [0.717, 1.165) is 16.8 Å². The molecule has 0 spiro atoms. The van der Waals surface area contributed by atoms with Gasteiger partial charge in [-0.15, -0.1) is 0 Å². The minimum absolute atomic E-state index is 0.175. The van der Waals surface area contributed by atoms with Gasteiger partial charge in [-0.25, -0.2) is 13.1 Å². The second-order valence-electron chi connectivity index (χ2n) is 6.59. The molecule has 0 aliphatic carbocycles. The van der Waals surface area contributed by atoms with E-state index >= 15 is 0 Å². The van der Waals surface area contributed by atoms with Gasteiger partial charge >= 0.3 is 0 Å². The van der Waals surface area contributed by atoms with Crippen LogP contribution in [0.5, 0.6) is 0 Å². The molecular formula is C19H23N3O4S. The second kappa shape index (κ2) is 8.16. The Morgan fingerprint density at radius 3 is 2.81 bits per heavy atom. The Morgan fingerprint density at radius 2 is 2.11 bits per heavy atom. The van der Waals surface area contributed by atoms with Gasteiger partial charge in [0.05, 0.1) is 4.90 Å². The largest absolute Gasteiger partial charge is 0.384 e. The first-order valence-corrected chi connectivity index (χ1v) is 10.3. The highest BCUT2D eigenvalue weighted by atomic mass is 32.2. The molecule has 2 N–H and O–H groups in total. The summed E-state index contributed by atoms with van der Waals surface area (Å²) >= 11 is 0. The Hall–Kier alpha value is -2.29. The first-order valence-electron chi connectivity index (χ1n) is 8.85. The minimum Gasteiger partial charge on any atom is -0.384 e. The van der Waals surface area contributed by atoms with Crippen molar-refractivity contribution in [1.29, 1.82) is 0 Å². The summed E-state index contributed by atoms with van der Waals surface area (Å²) in [6.07, 6.45) is 1.75. The lowest BCUT2D eigenvalue weighted by Gasteiger charge is -2.30. The van der Waals surface area contributed by atoms with E-state index in [1.165, 1.54) is 6.92 Å². The monoisotopic (exact) mass is 389 g/mol. The van der Waals surface area contributed by atoms with Crippen LogP contribution in [0, 0.1) is 0 Å². The van der Waals surface area contributed by atoms with Crippen molar-refractivity contribution in [2.45, 2.75) is 37.3 Å². The van der Waals surface area contributed by atoms with Crippen molar-refractivity contribution in [3.05, 3.63) is 59.4 Å². The molecule has 1 aliphatic rings. The number of pyridine rings is 1. The van der Waals surface area contributed by atoms with Gasteiger partial charge < -0.3 is 10.0 Å². The molecule has 0 unspecified atom stereocenters. The van der Waals surface area contributed by atoms with Crippen molar-refractivity contribution in [1.82, 2.24) is 14.6 Å². The number of amides is 1. The highest BCUT2D eigenvalue weighted by molar-refractivity contribution is 7.89. The molecule has 0 saturated heterocycles. The van der Waals surface area contributed by atoms with Crippen LogP contribution in [0.25, 0.3) is 0 Å². The number of benzene rings is 1. The molecule has 27 heavy (non-hydrogen) atoms. The van der Waals surface area contributed by atoms with Crippen LogP contribution in [-0.2, 0) is 34.2 Å². The van der Waals surface area contributed by atoms with Gasteiger partial charge in [0.1, 0.15) is 6.10 Å². The number of carbonyl (C=O) groups is 1. The minimum atomic E-state index is -3.65. The van der Waals surface area contributed by atoms with Gasteiger partial charge in [0.2, 0.25) is 10.0 Å². The summed E-state index contributed by atoms with van der Waals surface area (Å²) in [5.74, 6) is -0.345. The highest BCUT2D eigenvalue weighted by Crippen LogP contribution is 2.23. The summed E-state index contributed by atoms with van der Waals surface area (Å²) in [5.41, 5.74) is 2.64. The number of hydrogen-bond acceptors (Lipinski definition) is 5. The normalized spacial score (nSPS) is 15.3. The van der Waals surface area contributed by atoms with Gasteiger partial charge in [0, 0.05) is 37.9 Å². The lowest BCUT2D eigenvalue weighted by Crippen LogP contribution is -2.41. The van der Waals surface area contributed by atoms with E-state index in [2.05, 4.69) is 9.71 Å². The number of aliphatic hydroxyl groups excluding tert-OH is 1. The molecule has 3 rings (SSSR count). The Morgan fingerprint density at radius 1 is 1.30 bits per heavy atom. The van der Waals surface area contributed by atoms with Crippen LogP contribution < -0.4 is 4.72 Å². The quantitative estimate of drug-likeness (QED) is 0.764. The molecule has 8 heteroatoms. The lowest BCUT2D eigenvalue weighted by molar-refractivity contribution is -0.140. The van der Waals surface area contributed by atoms with E-state index in [9.17, 15) is 18.3 Å². The second-order valence-corrected chi connectivity index (χ2v) is 8.35. The molecule has 1 amide bonds. The van der Waals surface area contributed by atoms with Crippen LogP contribution in [-0.4, -0.2) is 48.5 Å². The maximum Gasteiger partial charge on any atom is 0.251 e. The SMILES string of the molecule is C[C@H](O)C(=O)N1CCc2ccc(S(=O)(=O)NCCc3ccccn3)cc2C1. The van der Waals surface area contributed by atoms with Crippen molar-refractivity contribution in [3.8, 4) is 0 Å². The van der Waals surface area contributed by atoms with Crippen LogP contribution in [0.4, 0.5) is 0 Å². The fourth-order valence-corrected chi connectivity index (χ4v) is 4.18. The van der Waals surface area contributed by atoms with Crippen LogP contribution in [0.1, 0.15) is 23.7 Å². The zero-order valence-corrected chi connectivity index (χ0v) is 15.9. The molecule has 2 heterocycles. The Bertz CT molecular complexity index is 914. The standard InChI is InChI=1S/C19H23N3O4S/c1-14(23)19(24)22-11-8-15-5-6-18(12-16(15)13-22)27(25,26)21-10-7-17-4-2-3-9-20-17/h2-6,9,12,14,21,23H,7-8,10-11,13H2,1H3/t14-/m0/s1. The van der Waals surface area contributed by atoms with Gasteiger partial charge in [0.25, 0.3) is 5.91 Å². The van der Waals surface area contributed by atoms with Crippen LogP contribution >= 0.6 is 0 Å².